The SMILES string of the molecule is C.CC(C)(C)OC(=O)NCCOCC(=O)O.CC(C)(C)OC(=O)NCCOCCC(=O)O.CC(C)(C)OC(=O)NCCOCCOCC(=O)O.CC(C)(C)OC(=O)NCCOCCOCC(=O)O.CC(C)(C)OC(=O)NCCOCCOCCC(=O)O.CC(C)(C)OC(=O)NCCOCCOCCC(=O)O. The topological polar surface area (TPSA) is 546 Å². The van der Waals surface area contributed by atoms with Crippen molar-refractivity contribution < 1.29 is 164 Å². The van der Waals surface area contributed by atoms with E-state index in [4.69, 9.17) is 106 Å². The van der Waals surface area contributed by atoms with E-state index < -0.39 is 106 Å². The molecule has 0 aromatic heterocycles. The van der Waals surface area contributed by atoms with Crippen molar-refractivity contribution in [1.82, 2.24) is 31.9 Å². The number of aliphatic carboxylic acids is 6. The molecule has 0 heterocycles. The fourth-order valence-electron chi connectivity index (χ4n) is 5.38. The molecule has 0 rings (SSSR count). The Labute approximate surface area is 622 Å². The lowest BCUT2D eigenvalue weighted by Crippen LogP contribution is -2.34. The minimum atomic E-state index is -1.03. The van der Waals surface area contributed by atoms with Crippen LogP contribution in [0.2, 0.25) is 0 Å². The van der Waals surface area contributed by atoms with E-state index in [1.54, 1.807) is 125 Å². The molecule has 0 radical (unpaired) electrons. The van der Waals surface area contributed by atoms with Crippen LogP contribution in [0.4, 0.5) is 28.8 Å². The molecule has 0 aromatic carbocycles. The first kappa shape index (κ1) is 111. The van der Waals surface area contributed by atoms with Gasteiger partial charge in [0, 0.05) is 39.3 Å². The van der Waals surface area contributed by atoms with E-state index in [2.05, 4.69) is 31.9 Å². The highest BCUT2D eigenvalue weighted by molar-refractivity contribution is 5.71. The fourth-order valence-corrected chi connectivity index (χ4v) is 5.38. The molecule has 0 fully saturated rings. The summed E-state index contributed by atoms with van der Waals surface area (Å²) in [6, 6.07) is 0. The van der Waals surface area contributed by atoms with E-state index in [0.29, 0.717) is 85.6 Å². The van der Waals surface area contributed by atoms with Gasteiger partial charge in [0.05, 0.1) is 132 Å². The Hall–Kier alpha value is -7.96. The Morgan fingerprint density at radius 2 is 0.340 bits per heavy atom. The number of carboxylic acids is 6. The summed E-state index contributed by atoms with van der Waals surface area (Å²) >= 11 is 0. The van der Waals surface area contributed by atoms with E-state index in [-0.39, 0.29) is 113 Å². The summed E-state index contributed by atoms with van der Waals surface area (Å²) in [4.78, 5) is 128. The van der Waals surface area contributed by atoms with E-state index in [1.807, 2.05) is 0 Å². The summed E-state index contributed by atoms with van der Waals surface area (Å²) in [5.74, 6) is -5.74. The molecule has 0 aliphatic carbocycles. The maximum atomic E-state index is 11.2. The zero-order chi connectivity index (χ0) is 82.0. The maximum Gasteiger partial charge on any atom is 0.407 e. The second-order valence-corrected chi connectivity index (χ2v) is 26.6. The lowest BCUT2D eigenvalue weighted by molar-refractivity contribution is -0.143. The van der Waals surface area contributed by atoms with Gasteiger partial charge >= 0.3 is 72.4 Å². The first-order valence-electron chi connectivity index (χ1n) is 33.3. The van der Waals surface area contributed by atoms with E-state index in [1.165, 1.54) is 0 Å². The highest BCUT2D eigenvalue weighted by atomic mass is 16.6. The molecule has 0 spiro atoms. The number of carboxylic acid groups (broad SMARTS) is 6. The van der Waals surface area contributed by atoms with E-state index in [9.17, 15) is 57.5 Å². The summed E-state index contributed by atoms with van der Waals surface area (Å²) in [7, 11) is 0. The third-order valence-electron chi connectivity index (χ3n) is 9.03. The van der Waals surface area contributed by atoms with Gasteiger partial charge in [-0.3, -0.25) is 14.4 Å². The molecule has 40 heteroatoms. The van der Waals surface area contributed by atoms with Crippen LogP contribution in [0, 0.1) is 0 Å². The number of nitrogens with one attached hydrogen (secondary N) is 6. The zero-order valence-electron chi connectivity index (χ0n) is 64.6. The molecule has 0 aliphatic rings. The highest BCUT2D eigenvalue weighted by Crippen LogP contribution is 2.10. The van der Waals surface area contributed by atoms with Crippen LogP contribution in [0.3, 0.4) is 0 Å². The van der Waals surface area contributed by atoms with Crippen LogP contribution >= 0.6 is 0 Å². The molecule has 0 atom stereocenters. The average Bonchev–Trinajstić information content (AvgIpc) is 0.991. The fraction of sp³-hybridized carbons (Fsp3) is 0.818. The molecule has 40 nitrogen and oxygen atoms in total. The van der Waals surface area contributed by atoms with Gasteiger partial charge in [0.15, 0.2) is 0 Å². The van der Waals surface area contributed by atoms with Crippen molar-refractivity contribution in [3.8, 4) is 0 Å². The molecule has 12 N–H and O–H groups in total. The van der Waals surface area contributed by atoms with Gasteiger partial charge in [0.25, 0.3) is 0 Å². The van der Waals surface area contributed by atoms with Crippen molar-refractivity contribution in [2.75, 3.05) is 171 Å². The number of carbonyl (C=O) groups is 12. The molecule has 0 bridgehead atoms. The summed E-state index contributed by atoms with van der Waals surface area (Å²) < 4.78 is 79.8. The standard InChI is InChI=1S/2C12H23NO6.2C11H21NO6.C10H19NO5.C9H17NO5.CH4/c2*1-12(2,3)19-11(16)13-5-7-18-9-8-17-6-4-10(14)15;2*1-11(2,3)18-10(15)12-4-5-16-6-7-17-8-9(13)14;1-10(2,3)16-9(14)11-5-7-15-6-4-8(12)13;1-9(2,3)15-8(13)10-4-5-14-6-7(11)12;/h2*4-9H2,1-3H3,(H,13,16)(H,14,15);2*4-8H2,1-3H3,(H,12,15)(H,13,14);4-7H2,1-3H3,(H,11,14)(H,12,13);4-6H2,1-3H3,(H,10,13)(H,11,12);1H4. The van der Waals surface area contributed by atoms with Gasteiger partial charge in [-0.05, 0) is 125 Å². The van der Waals surface area contributed by atoms with Crippen LogP contribution < -0.4 is 31.9 Å². The van der Waals surface area contributed by atoms with Gasteiger partial charge in [0.1, 0.15) is 53.4 Å². The first-order chi connectivity index (χ1) is 48.4. The van der Waals surface area contributed by atoms with Crippen LogP contribution in [0.5, 0.6) is 0 Å². The number of rotatable bonds is 45. The molecule has 0 aliphatic heterocycles. The van der Waals surface area contributed by atoms with Gasteiger partial charge in [-0.1, -0.05) is 7.43 Å². The third kappa shape index (κ3) is 120. The molecule has 626 valence electrons. The normalized spacial score (nSPS) is 10.9. The Bertz CT molecular complexity index is 2240. The van der Waals surface area contributed by atoms with Gasteiger partial charge in [-0.2, -0.15) is 0 Å². The Balaban J connectivity index is -0.000000222. The Morgan fingerprint density at radius 1 is 0.208 bits per heavy atom. The predicted molar refractivity (Wildman–Crippen MR) is 380 cm³/mol. The van der Waals surface area contributed by atoms with Crippen molar-refractivity contribution in [3.63, 3.8) is 0 Å². The molecular weight excluding hydrogens is 1420 g/mol. The Morgan fingerprint density at radius 3 is 0.491 bits per heavy atom. The second kappa shape index (κ2) is 67.6. The van der Waals surface area contributed by atoms with E-state index in [0.717, 1.165) is 0 Å². The van der Waals surface area contributed by atoms with Crippen LogP contribution in [-0.4, -0.2) is 308 Å². The van der Waals surface area contributed by atoms with Crippen molar-refractivity contribution in [3.05, 3.63) is 0 Å². The summed E-state index contributed by atoms with van der Waals surface area (Å²) in [6.45, 7) is 37.5. The van der Waals surface area contributed by atoms with Gasteiger partial charge in [-0.15, -0.1) is 0 Å². The molecule has 6 amide bonds. The first-order valence-corrected chi connectivity index (χ1v) is 33.3. The number of carbonyl (C=O) groups excluding carboxylic acids is 6. The number of amides is 6. The van der Waals surface area contributed by atoms with Crippen LogP contribution in [0.25, 0.3) is 0 Å². The Kier molecular flexibility index (Phi) is 71.1. The van der Waals surface area contributed by atoms with Gasteiger partial charge < -0.3 is 138 Å². The number of hydrogen-bond acceptors (Lipinski definition) is 28. The zero-order valence-corrected chi connectivity index (χ0v) is 64.6. The predicted octanol–water partition coefficient (Wildman–Crippen LogP) is 5.55. The van der Waals surface area contributed by atoms with Gasteiger partial charge in [-0.25, -0.2) is 43.2 Å². The lowest BCUT2D eigenvalue weighted by Gasteiger charge is -2.19. The molecule has 0 unspecified atom stereocenters. The molecule has 0 saturated heterocycles. The van der Waals surface area contributed by atoms with E-state index >= 15 is 0 Å². The van der Waals surface area contributed by atoms with Crippen molar-refractivity contribution in [2.45, 2.75) is 185 Å². The van der Waals surface area contributed by atoms with Crippen LogP contribution in [0.1, 0.15) is 151 Å². The number of ether oxygens (including phenoxy) is 16. The minimum absolute atomic E-state index is 0. The number of hydrogen-bond donors (Lipinski definition) is 12. The maximum absolute atomic E-state index is 11.2. The summed E-state index contributed by atoms with van der Waals surface area (Å²) in [5.41, 5.74) is -3.11. The van der Waals surface area contributed by atoms with Crippen LogP contribution in [-0.2, 0) is 105 Å². The summed E-state index contributed by atoms with van der Waals surface area (Å²) in [5, 5.41) is 64.9. The van der Waals surface area contributed by atoms with Gasteiger partial charge in [0.2, 0.25) is 0 Å². The molecule has 0 saturated carbocycles. The quantitative estimate of drug-likeness (QED) is 0.0263. The number of alkyl carbamates (subject to hydrolysis) is 6. The lowest BCUT2D eigenvalue weighted by atomic mass is 10.2. The average molecular weight is 1550 g/mol. The second-order valence-electron chi connectivity index (χ2n) is 26.6. The smallest absolute Gasteiger partial charge is 0.407 e. The van der Waals surface area contributed by atoms with Crippen molar-refractivity contribution in [1.29, 1.82) is 0 Å². The third-order valence-corrected chi connectivity index (χ3v) is 9.03. The van der Waals surface area contributed by atoms with Crippen LogP contribution in [0.15, 0.2) is 0 Å². The molecule has 106 heavy (non-hydrogen) atoms. The largest absolute Gasteiger partial charge is 0.481 e. The molecular formula is C66H128N6O34. The minimum Gasteiger partial charge on any atom is -0.481 e. The van der Waals surface area contributed by atoms with Crippen molar-refractivity contribution >= 4 is 72.4 Å². The molecule has 0 aromatic rings. The monoisotopic (exact) mass is 1550 g/mol. The van der Waals surface area contributed by atoms with Crippen molar-refractivity contribution in [2.24, 2.45) is 0 Å². The summed E-state index contributed by atoms with van der Waals surface area (Å²) in [6.07, 6.45) is -3.05. The highest BCUT2D eigenvalue weighted by Gasteiger charge is 2.20.